The van der Waals surface area contributed by atoms with Crippen LogP contribution in [-0.2, 0) is 11.3 Å². The molecule has 5 nitrogen and oxygen atoms in total. The number of rotatable bonds is 5. The van der Waals surface area contributed by atoms with Gasteiger partial charge in [-0.25, -0.2) is 0 Å². The molecular weight excluding hydrogens is 382 g/mol. The fourth-order valence-corrected chi connectivity index (χ4v) is 3.93. The molecular formula is C23H25N3O2S. The number of aryl methyl sites for hydroxylation is 1. The molecule has 2 aromatic carbocycles. The molecule has 0 unspecified atom stereocenters. The van der Waals surface area contributed by atoms with Crippen LogP contribution in [0.1, 0.15) is 24.0 Å². The lowest BCUT2D eigenvalue weighted by Gasteiger charge is -2.28. The van der Waals surface area contributed by atoms with Gasteiger partial charge in [0.15, 0.2) is 5.11 Å². The van der Waals surface area contributed by atoms with Crippen LogP contribution in [0, 0.1) is 6.92 Å². The summed E-state index contributed by atoms with van der Waals surface area (Å²) in [6.07, 6.45) is 2.21. The highest BCUT2D eigenvalue weighted by Crippen LogP contribution is 2.18. The summed E-state index contributed by atoms with van der Waals surface area (Å²) in [6.45, 7) is 3.92. The number of H-pyrrole nitrogens is 1. The normalized spacial score (nSPS) is 16.1. The van der Waals surface area contributed by atoms with Crippen LogP contribution < -0.4 is 10.9 Å². The van der Waals surface area contributed by atoms with Gasteiger partial charge < -0.3 is 19.9 Å². The number of benzene rings is 2. The molecule has 0 bridgehead atoms. The van der Waals surface area contributed by atoms with Gasteiger partial charge in [-0.05, 0) is 67.7 Å². The maximum atomic E-state index is 12.7. The number of aromatic amines is 1. The lowest BCUT2D eigenvalue weighted by molar-refractivity contribution is 0.0904. The fraction of sp³-hybridized carbons (Fsp3) is 0.304. The average Bonchev–Trinajstić information content (AvgIpc) is 3.22. The van der Waals surface area contributed by atoms with Crippen molar-refractivity contribution in [2.75, 3.05) is 18.5 Å². The molecule has 0 aliphatic carbocycles. The average molecular weight is 408 g/mol. The standard InChI is InChI=1S/C23H25N3O2S/c1-16-9-10-21-17(12-16)13-18(22(27)25-21)14-26(15-20-8-5-11-28-20)23(29)24-19-6-3-2-4-7-19/h2-4,6-7,9-10,12-13,20H,5,8,11,14-15H2,1H3,(H,24,29)(H,25,27)/t20-/m1/s1. The van der Waals surface area contributed by atoms with Gasteiger partial charge in [-0.15, -0.1) is 0 Å². The lowest BCUT2D eigenvalue weighted by atomic mass is 10.1. The molecule has 29 heavy (non-hydrogen) atoms. The quantitative estimate of drug-likeness (QED) is 0.621. The van der Waals surface area contributed by atoms with Crippen LogP contribution in [-0.4, -0.2) is 34.3 Å². The van der Waals surface area contributed by atoms with E-state index >= 15 is 0 Å². The number of anilines is 1. The van der Waals surface area contributed by atoms with Gasteiger partial charge >= 0.3 is 0 Å². The zero-order valence-electron chi connectivity index (χ0n) is 16.5. The molecule has 3 aromatic rings. The summed E-state index contributed by atoms with van der Waals surface area (Å²) in [5, 5.41) is 4.91. The molecule has 1 aliphatic heterocycles. The van der Waals surface area contributed by atoms with Crippen molar-refractivity contribution >= 4 is 33.9 Å². The molecule has 1 aliphatic rings. The molecule has 6 heteroatoms. The molecule has 1 aromatic heterocycles. The summed E-state index contributed by atoms with van der Waals surface area (Å²) in [7, 11) is 0. The third-order valence-electron chi connectivity index (χ3n) is 5.20. The van der Waals surface area contributed by atoms with Gasteiger partial charge in [0.05, 0.1) is 12.6 Å². The summed E-state index contributed by atoms with van der Waals surface area (Å²) >= 11 is 5.70. The number of hydrogen-bond acceptors (Lipinski definition) is 3. The molecule has 1 saturated heterocycles. The SMILES string of the molecule is Cc1ccc2[nH]c(=O)c(CN(C[C@H]3CCCO3)C(=S)Nc3ccccc3)cc2c1. The minimum Gasteiger partial charge on any atom is -0.376 e. The van der Waals surface area contributed by atoms with Crippen molar-refractivity contribution < 1.29 is 4.74 Å². The zero-order valence-corrected chi connectivity index (χ0v) is 17.3. The Bertz CT molecular complexity index is 1060. The summed E-state index contributed by atoms with van der Waals surface area (Å²) in [5.41, 5.74) is 3.55. The first-order chi connectivity index (χ1) is 14.1. The van der Waals surface area contributed by atoms with Crippen molar-refractivity contribution in [1.82, 2.24) is 9.88 Å². The van der Waals surface area contributed by atoms with Crippen LogP contribution in [0.2, 0.25) is 0 Å². The van der Waals surface area contributed by atoms with E-state index in [0.717, 1.165) is 41.6 Å². The highest BCUT2D eigenvalue weighted by molar-refractivity contribution is 7.80. The Hall–Kier alpha value is -2.70. The Morgan fingerprint density at radius 1 is 1.24 bits per heavy atom. The molecule has 1 atom stereocenters. The van der Waals surface area contributed by atoms with E-state index in [0.29, 0.717) is 23.8 Å². The van der Waals surface area contributed by atoms with Crippen LogP contribution in [0.3, 0.4) is 0 Å². The van der Waals surface area contributed by atoms with Gasteiger partial charge in [0.2, 0.25) is 0 Å². The second-order valence-corrected chi connectivity index (χ2v) is 7.91. The summed E-state index contributed by atoms with van der Waals surface area (Å²) in [4.78, 5) is 17.7. The Morgan fingerprint density at radius 3 is 2.83 bits per heavy atom. The summed E-state index contributed by atoms with van der Waals surface area (Å²) in [5.74, 6) is 0. The Balaban J connectivity index is 1.60. The molecule has 150 valence electrons. The maximum absolute atomic E-state index is 12.7. The molecule has 0 spiro atoms. The van der Waals surface area contributed by atoms with E-state index in [1.807, 2.05) is 60.4 Å². The van der Waals surface area contributed by atoms with Gasteiger partial charge in [-0.1, -0.05) is 29.8 Å². The number of hydrogen-bond donors (Lipinski definition) is 2. The number of thiocarbonyl (C=S) groups is 1. The van der Waals surface area contributed by atoms with E-state index < -0.39 is 0 Å². The number of pyridine rings is 1. The van der Waals surface area contributed by atoms with Gasteiger partial charge in [-0.2, -0.15) is 0 Å². The Labute approximate surface area is 175 Å². The molecule has 0 amide bonds. The summed E-state index contributed by atoms with van der Waals surface area (Å²) < 4.78 is 5.82. The molecule has 4 rings (SSSR count). The molecule has 1 fully saturated rings. The van der Waals surface area contributed by atoms with Crippen molar-refractivity contribution in [2.24, 2.45) is 0 Å². The molecule has 0 radical (unpaired) electrons. The fourth-order valence-electron chi connectivity index (χ4n) is 3.67. The van der Waals surface area contributed by atoms with Gasteiger partial charge in [0.25, 0.3) is 5.56 Å². The van der Waals surface area contributed by atoms with E-state index in [9.17, 15) is 4.79 Å². The van der Waals surface area contributed by atoms with E-state index in [2.05, 4.69) is 16.4 Å². The Morgan fingerprint density at radius 2 is 2.07 bits per heavy atom. The van der Waals surface area contributed by atoms with E-state index in [1.165, 1.54) is 0 Å². The second kappa shape index (κ2) is 8.76. The van der Waals surface area contributed by atoms with Crippen LogP contribution in [0.5, 0.6) is 0 Å². The number of nitrogens with zero attached hydrogens (tertiary/aromatic N) is 1. The van der Waals surface area contributed by atoms with E-state index in [-0.39, 0.29) is 11.7 Å². The van der Waals surface area contributed by atoms with Gasteiger partial charge in [0.1, 0.15) is 0 Å². The highest BCUT2D eigenvalue weighted by atomic mass is 32.1. The molecule has 2 N–H and O–H groups in total. The third-order valence-corrected chi connectivity index (χ3v) is 5.56. The summed E-state index contributed by atoms with van der Waals surface area (Å²) in [6, 6.07) is 17.8. The van der Waals surface area contributed by atoms with Crippen LogP contribution in [0.25, 0.3) is 10.9 Å². The molecule has 2 heterocycles. The Kier molecular flexibility index (Phi) is 5.92. The first-order valence-corrected chi connectivity index (χ1v) is 10.3. The third kappa shape index (κ3) is 4.83. The highest BCUT2D eigenvalue weighted by Gasteiger charge is 2.22. The van der Waals surface area contributed by atoms with Crippen molar-refractivity contribution in [3.8, 4) is 0 Å². The minimum atomic E-state index is -0.0822. The lowest BCUT2D eigenvalue weighted by Crippen LogP contribution is -2.40. The smallest absolute Gasteiger partial charge is 0.253 e. The number of fused-ring (bicyclic) bond motifs is 1. The predicted octanol–water partition coefficient (Wildman–Crippen LogP) is 4.21. The van der Waals surface area contributed by atoms with Crippen molar-refractivity contribution in [3.05, 3.63) is 76.1 Å². The second-order valence-electron chi connectivity index (χ2n) is 7.53. The number of para-hydroxylation sites is 1. The van der Waals surface area contributed by atoms with Gasteiger partial charge in [0, 0.05) is 29.9 Å². The van der Waals surface area contributed by atoms with Gasteiger partial charge in [-0.3, -0.25) is 4.79 Å². The van der Waals surface area contributed by atoms with Crippen LogP contribution in [0.4, 0.5) is 5.69 Å². The predicted molar refractivity (Wildman–Crippen MR) is 121 cm³/mol. The maximum Gasteiger partial charge on any atom is 0.253 e. The number of nitrogens with one attached hydrogen (secondary N) is 2. The van der Waals surface area contributed by atoms with E-state index in [1.54, 1.807) is 0 Å². The number of aromatic nitrogens is 1. The van der Waals surface area contributed by atoms with Crippen LogP contribution >= 0.6 is 12.2 Å². The topological polar surface area (TPSA) is 57.4 Å². The van der Waals surface area contributed by atoms with Crippen molar-refractivity contribution in [2.45, 2.75) is 32.4 Å². The number of ether oxygens (including phenoxy) is 1. The zero-order chi connectivity index (χ0) is 20.2. The first kappa shape index (κ1) is 19.6. The first-order valence-electron chi connectivity index (χ1n) is 9.93. The van der Waals surface area contributed by atoms with Crippen molar-refractivity contribution in [3.63, 3.8) is 0 Å². The minimum absolute atomic E-state index is 0.0822. The van der Waals surface area contributed by atoms with Crippen LogP contribution in [0.15, 0.2) is 59.4 Å². The molecule has 0 saturated carbocycles. The largest absolute Gasteiger partial charge is 0.376 e. The van der Waals surface area contributed by atoms with Crippen molar-refractivity contribution in [1.29, 1.82) is 0 Å². The van der Waals surface area contributed by atoms with E-state index in [4.69, 9.17) is 17.0 Å². The monoisotopic (exact) mass is 407 g/mol.